The molecule has 11 heteroatoms. The zero-order valence-corrected chi connectivity index (χ0v) is 46.8. The topological polar surface area (TPSA) is 94.8 Å². The molecule has 0 bridgehead atoms. The fourth-order valence-corrected chi connectivity index (χ4v) is 12.4. The van der Waals surface area contributed by atoms with Gasteiger partial charge >= 0.3 is 0 Å². The van der Waals surface area contributed by atoms with E-state index in [1.165, 1.54) is 26.5 Å². The Morgan fingerprint density at radius 2 is 0.651 bits per heavy atom. The van der Waals surface area contributed by atoms with Crippen molar-refractivity contribution in [1.29, 1.82) is 0 Å². The van der Waals surface area contributed by atoms with Crippen LogP contribution in [0.2, 0.25) is 0 Å². The average molecular weight is 1130 g/mol. The van der Waals surface area contributed by atoms with Crippen LogP contribution in [0, 0.1) is 0 Å². The van der Waals surface area contributed by atoms with E-state index < -0.39 is 0 Å². The normalized spacial score (nSPS) is 12.1. The highest BCUT2D eigenvalue weighted by atomic mass is 32.1. The Labute approximate surface area is 497 Å². The predicted molar refractivity (Wildman–Crippen MR) is 348 cm³/mol. The molecule has 0 saturated carbocycles. The number of thiazole rings is 1. The predicted octanol–water partition coefficient (Wildman–Crippen LogP) is 21.2. The maximum atomic E-state index is 6.11. The lowest BCUT2D eigenvalue weighted by Crippen LogP contribution is -2.15. The van der Waals surface area contributed by atoms with Crippen molar-refractivity contribution in [3.8, 4) is 62.2 Å². The van der Waals surface area contributed by atoms with Crippen molar-refractivity contribution in [2.45, 2.75) is 0 Å². The highest BCUT2D eigenvalue weighted by molar-refractivity contribution is 7.21. The van der Waals surface area contributed by atoms with Gasteiger partial charge in [-0.1, -0.05) is 121 Å². The molecule has 16 aromatic rings. The molecule has 18 rings (SSSR count). The minimum atomic E-state index is 0.625. The lowest BCUT2D eigenvalue weighted by atomic mass is 10.1. The van der Waals surface area contributed by atoms with Crippen LogP contribution in [-0.2, 0) is 0 Å². The van der Waals surface area contributed by atoms with Gasteiger partial charge in [-0.25, -0.2) is 15.0 Å². The molecule has 0 atom stereocenters. The monoisotopic (exact) mass is 1130 g/mol. The van der Waals surface area contributed by atoms with Crippen molar-refractivity contribution in [2.24, 2.45) is 0 Å². The van der Waals surface area contributed by atoms with Gasteiger partial charge in [0.15, 0.2) is 34.2 Å². The third-order valence-corrected chi connectivity index (χ3v) is 16.5. The molecule has 0 unspecified atom stereocenters. The molecule has 0 amide bonds. The Morgan fingerprint density at radius 1 is 0.291 bits per heavy atom. The van der Waals surface area contributed by atoms with Crippen molar-refractivity contribution >= 4 is 99.7 Å². The summed E-state index contributed by atoms with van der Waals surface area (Å²) in [5.41, 5.74) is 17.2. The lowest BCUT2D eigenvalue weighted by molar-refractivity contribution is 0.477. The largest absolute Gasteiger partial charge is 0.453 e. The second kappa shape index (κ2) is 21.3. The summed E-state index contributed by atoms with van der Waals surface area (Å²) in [6.45, 7) is 0. The zero-order valence-electron chi connectivity index (χ0n) is 45.9. The van der Waals surface area contributed by atoms with Crippen LogP contribution in [0.3, 0.4) is 0 Å². The first kappa shape index (κ1) is 50.2. The van der Waals surface area contributed by atoms with Crippen molar-refractivity contribution in [3.63, 3.8) is 0 Å². The second-order valence-corrected chi connectivity index (χ2v) is 21.7. The van der Waals surface area contributed by atoms with Crippen LogP contribution in [0.4, 0.5) is 34.1 Å². The number of rotatable bonds is 6. The van der Waals surface area contributed by atoms with Crippen LogP contribution < -0.4 is 19.3 Å². The first-order valence-electron chi connectivity index (χ1n) is 28.3. The summed E-state index contributed by atoms with van der Waals surface area (Å²) < 4.78 is 27.5. The Balaban J connectivity index is 0.000000105. The van der Waals surface area contributed by atoms with Crippen LogP contribution in [-0.4, -0.2) is 19.5 Å². The maximum Gasteiger partial charge on any atom is 0.227 e. The number of para-hydroxylation sites is 15. The van der Waals surface area contributed by atoms with Crippen molar-refractivity contribution in [2.75, 3.05) is 9.80 Å². The maximum absolute atomic E-state index is 6.11. The van der Waals surface area contributed by atoms with Gasteiger partial charge in [0.25, 0.3) is 0 Å². The summed E-state index contributed by atoms with van der Waals surface area (Å²) in [5.74, 6) is 4.68. The smallest absolute Gasteiger partial charge is 0.227 e. The molecule has 2 aliphatic heterocycles. The van der Waals surface area contributed by atoms with E-state index in [2.05, 4.69) is 176 Å². The third-order valence-electron chi connectivity index (χ3n) is 15.4. The first-order valence-corrected chi connectivity index (χ1v) is 29.1. The molecule has 12 aromatic carbocycles. The molecule has 0 saturated heterocycles. The standard InChI is InChI=1S/C25H16N2O2.C25H16N2OS.C25H16N2O/c1-4-10-22-19(7-1)26-25(29-22)17-13-15-18(16-14-17)27-20-8-2-5-11-23(20)28-24-12-6-3-9-21(24)27;1-6-12-24-19(7-1)26-25(29-24)17-13-15-18(16-14-17)27-20-8-2-4-10-22(20)28-23-11-5-3-9-21(23)27;1-4-10-22-19(7-1)20-8-2-5-11-23(20)27(22)18-15-13-17(14-16-18)25-26-21-9-3-6-12-24(21)28-25/h2*1-16H;1-16H. The Hall–Kier alpha value is -11.5. The fraction of sp³-hybridized carbons (Fsp3) is 0. The average Bonchev–Trinajstić information content (AvgIpc) is 3.02. The van der Waals surface area contributed by atoms with Crippen LogP contribution >= 0.6 is 11.3 Å². The summed E-state index contributed by atoms with van der Waals surface area (Å²) in [4.78, 5) is 18.4. The highest BCUT2D eigenvalue weighted by Crippen LogP contribution is 2.52. The molecular weight excluding hydrogens is 1080 g/mol. The molecule has 6 heterocycles. The quantitative estimate of drug-likeness (QED) is 0.161. The number of hydrogen-bond donors (Lipinski definition) is 0. The lowest BCUT2D eigenvalue weighted by Gasteiger charge is -2.32. The van der Waals surface area contributed by atoms with E-state index in [0.29, 0.717) is 11.8 Å². The van der Waals surface area contributed by atoms with Gasteiger partial charge in [-0.2, -0.15) is 0 Å². The summed E-state index contributed by atoms with van der Waals surface area (Å²) in [7, 11) is 0. The van der Waals surface area contributed by atoms with Gasteiger partial charge in [-0.05, 0) is 170 Å². The summed E-state index contributed by atoms with van der Waals surface area (Å²) >= 11 is 1.72. The Morgan fingerprint density at radius 3 is 1.09 bits per heavy atom. The van der Waals surface area contributed by atoms with Gasteiger partial charge < -0.3 is 32.7 Å². The van der Waals surface area contributed by atoms with Gasteiger partial charge in [-0.15, -0.1) is 11.3 Å². The van der Waals surface area contributed by atoms with Crippen LogP contribution in [0.1, 0.15) is 0 Å². The number of benzene rings is 12. The first-order chi connectivity index (χ1) is 42.6. The van der Waals surface area contributed by atoms with E-state index >= 15 is 0 Å². The van der Waals surface area contributed by atoms with E-state index in [4.69, 9.17) is 23.3 Å². The molecule has 0 radical (unpaired) electrons. The fourth-order valence-electron chi connectivity index (χ4n) is 11.4. The van der Waals surface area contributed by atoms with Gasteiger partial charge in [0, 0.05) is 44.5 Å². The minimum Gasteiger partial charge on any atom is -0.453 e. The molecule has 408 valence electrons. The minimum absolute atomic E-state index is 0.625. The van der Waals surface area contributed by atoms with E-state index in [9.17, 15) is 0 Å². The van der Waals surface area contributed by atoms with Gasteiger partial charge in [-0.3, -0.25) is 0 Å². The molecule has 86 heavy (non-hydrogen) atoms. The molecule has 10 nitrogen and oxygen atoms in total. The Kier molecular flexibility index (Phi) is 12.5. The van der Waals surface area contributed by atoms with Gasteiger partial charge in [0.1, 0.15) is 16.0 Å². The zero-order chi connectivity index (χ0) is 56.9. The SMILES string of the molecule is c1ccc2c(c1)Oc1ccccc1N2c1ccc(-c2nc3ccccc3o2)cc1.c1ccc2c(c1)Oc1ccccc1N2c1ccc(-c2nc3ccccc3s2)cc1.c1ccc2oc(-c3ccc(-n4c5ccccc5c5ccccc54)cc3)nc2c1. The molecular formula is C75H48N6O4S. The number of nitrogens with zero attached hydrogens (tertiary/aromatic N) is 6. The highest BCUT2D eigenvalue weighted by Gasteiger charge is 2.27. The van der Waals surface area contributed by atoms with Crippen LogP contribution in [0.15, 0.2) is 300 Å². The number of fused-ring (bicyclic) bond motifs is 10. The summed E-state index contributed by atoms with van der Waals surface area (Å²) in [6, 6.07) is 98.7. The van der Waals surface area contributed by atoms with E-state index in [0.717, 1.165) is 112 Å². The van der Waals surface area contributed by atoms with E-state index in [-0.39, 0.29) is 0 Å². The van der Waals surface area contributed by atoms with Crippen molar-refractivity contribution in [3.05, 3.63) is 291 Å². The van der Waals surface area contributed by atoms with Crippen molar-refractivity contribution in [1.82, 2.24) is 19.5 Å². The van der Waals surface area contributed by atoms with E-state index in [1.807, 2.05) is 140 Å². The van der Waals surface area contributed by atoms with Crippen molar-refractivity contribution < 1.29 is 18.3 Å². The number of anilines is 6. The number of ether oxygens (including phenoxy) is 2. The summed E-state index contributed by atoms with van der Waals surface area (Å²) in [5, 5.41) is 3.57. The molecule has 0 N–H and O–H groups in total. The third kappa shape index (κ3) is 9.12. The molecule has 0 aliphatic carbocycles. The second-order valence-electron chi connectivity index (χ2n) is 20.7. The molecule has 0 fully saturated rings. The van der Waals surface area contributed by atoms with Crippen LogP contribution in [0.5, 0.6) is 23.0 Å². The number of hydrogen-bond acceptors (Lipinski definition) is 10. The number of oxazole rings is 2. The molecule has 4 aromatic heterocycles. The Bertz CT molecular complexity index is 4710. The molecule has 0 spiro atoms. The van der Waals surface area contributed by atoms with E-state index in [1.54, 1.807) is 11.3 Å². The summed E-state index contributed by atoms with van der Waals surface area (Å²) in [6.07, 6.45) is 0. The van der Waals surface area contributed by atoms with Gasteiger partial charge in [0.2, 0.25) is 11.8 Å². The number of aromatic nitrogens is 4. The molecule has 2 aliphatic rings. The van der Waals surface area contributed by atoms with Crippen LogP contribution in [0.25, 0.3) is 93.4 Å². The van der Waals surface area contributed by atoms with Gasteiger partial charge in [0.05, 0.1) is 44.0 Å².